The van der Waals surface area contributed by atoms with Crippen LogP contribution in [-0.2, 0) is 11.3 Å². The van der Waals surface area contributed by atoms with Crippen LogP contribution in [0.5, 0.6) is 0 Å². The van der Waals surface area contributed by atoms with Crippen molar-refractivity contribution in [2.45, 2.75) is 36.8 Å². The summed E-state index contributed by atoms with van der Waals surface area (Å²) in [5.74, 6) is -0.211. The quantitative estimate of drug-likeness (QED) is 0.295. The van der Waals surface area contributed by atoms with Crippen LogP contribution in [0.15, 0.2) is 28.7 Å². The van der Waals surface area contributed by atoms with Crippen LogP contribution in [0.2, 0.25) is 0 Å². The number of thioether (sulfide) groups is 1. The number of rotatable bonds is 8. The molecule has 160 valence electrons. The highest BCUT2D eigenvalue weighted by Crippen LogP contribution is 2.33. The Morgan fingerprint density at radius 3 is 2.80 bits per heavy atom. The van der Waals surface area contributed by atoms with Crippen molar-refractivity contribution in [3.8, 4) is 0 Å². The summed E-state index contributed by atoms with van der Waals surface area (Å²) in [6, 6.07) is 5.07. The minimum Gasteiger partial charge on any atom is -0.358 e. The maximum Gasteiger partial charge on any atom is 0.389 e. The lowest BCUT2D eigenvalue weighted by Crippen LogP contribution is -2.14. The van der Waals surface area contributed by atoms with E-state index in [1.54, 1.807) is 25.1 Å². The Bertz CT molecular complexity index is 1080. The molecule has 0 radical (unpaired) electrons. The number of anilines is 1. The summed E-state index contributed by atoms with van der Waals surface area (Å²) >= 11 is 2.31. The molecule has 0 saturated carbocycles. The van der Waals surface area contributed by atoms with Gasteiger partial charge in [-0.25, -0.2) is 4.98 Å². The lowest BCUT2D eigenvalue weighted by molar-refractivity contribution is -0.389. The number of carbonyl (C=O) groups excluding carboxylic acids is 1. The van der Waals surface area contributed by atoms with Gasteiger partial charge in [0.25, 0.3) is 0 Å². The van der Waals surface area contributed by atoms with E-state index in [0.717, 1.165) is 16.5 Å². The standard InChI is InChI=1S/C17H16F3N5O3S2/c1-10-21-14(25(27)28)9-24(10)6-4-15(26)22-11-2-3-12-13(8-11)30-16(23-12)29-7-5-17(18,19)20/h2-3,8-9H,4-7H2,1H3,(H,22,26). The predicted molar refractivity (Wildman–Crippen MR) is 108 cm³/mol. The van der Waals surface area contributed by atoms with E-state index in [1.165, 1.54) is 22.1 Å². The second-order valence-electron chi connectivity index (χ2n) is 6.27. The highest BCUT2D eigenvalue weighted by Gasteiger charge is 2.26. The Hall–Kier alpha value is -2.67. The first-order valence-electron chi connectivity index (χ1n) is 8.69. The SMILES string of the molecule is Cc1nc([N+](=O)[O-])cn1CCC(=O)Nc1ccc2nc(SCCC(F)(F)F)sc2c1. The maximum atomic E-state index is 12.3. The van der Waals surface area contributed by atoms with Gasteiger partial charge in [-0.1, -0.05) is 11.8 Å². The van der Waals surface area contributed by atoms with E-state index >= 15 is 0 Å². The first-order chi connectivity index (χ1) is 14.1. The zero-order valence-corrected chi connectivity index (χ0v) is 17.2. The summed E-state index contributed by atoms with van der Waals surface area (Å²) < 4.78 is 39.6. The number of alkyl halides is 3. The normalized spacial score (nSPS) is 11.7. The van der Waals surface area contributed by atoms with Gasteiger partial charge in [-0.05, 0) is 28.1 Å². The lowest BCUT2D eigenvalue weighted by atomic mass is 10.3. The zero-order chi connectivity index (χ0) is 21.9. The molecular formula is C17H16F3N5O3S2. The Morgan fingerprint density at radius 1 is 1.37 bits per heavy atom. The Labute approximate surface area is 176 Å². The fourth-order valence-electron chi connectivity index (χ4n) is 2.55. The van der Waals surface area contributed by atoms with Crippen LogP contribution in [-0.4, -0.2) is 37.3 Å². The van der Waals surface area contributed by atoms with Crippen molar-refractivity contribution < 1.29 is 22.9 Å². The van der Waals surface area contributed by atoms with Gasteiger partial charge in [0.05, 0.1) is 16.6 Å². The van der Waals surface area contributed by atoms with Crippen molar-refractivity contribution in [3.05, 3.63) is 40.3 Å². The topological polar surface area (TPSA) is 103 Å². The van der Waals surface area contributed by atoms with Crippen molar-refractivity contribution in [1.29, 1.82) is 0 Å². The monoisotopic (exact) mass is 459 g/mol. The number of amides is 1. The Balaban J connectivity index is 1.57. The Kier molecular flexibility index (Phi) is 6.61. The second-order valence-corrected chi connectivity index (χ2v) is 8.64. The van der Waals surface area contributed by atoms with Crippen LogP contribution in [0, 0.1) is 17.0 Å². The number of benzene rings is 1. The number of nitrogens with one attached hydrogen (secondary N) is 1. The van der Waals surface area contributed by atoms with Crippen LogP contribution in [0.25, 0.3) is 10.2 Å². The van der Waals surface area contributed by atoms with Crippen molar-refractivity contribution in [3.63, 3.8) is 0 Å². The number of halogens is 3. The minimum absolute atomic E-state index is 0.0909. The van der Waals surface area contributed by atoms with Crippen LogP contribution in [0.4, 0.5) is 24.7 Å². The number of hydrogen-bond acceptors (Lipinski definition) is 7. The van der Waals surface area contributed by atoms with Gasteiger partial charge in [-0.3, -0.25) is 4.79 Å². The number of aromatic nitrogens is 3. The van der Waals surface area contributed by atoms with Crippen LogP contribution < -0.4 is 5.32 Å². The van der Waals surface area contributed by atoms with E-state index in [9.17, 15) is 28.1 Å². The van der Waals surface area contributed by atoms with Crippen LogP contribution >= 0.6 is 23.1 Å². The molecule has 3 aromatic rings. The summed E-state index contributed by atoms with van der Waals surface area (Å²) in [6.45, 7) is 1.86. The van der Waals surface area contributed by atoms with E-state index in [1.807, 2.05) is 0 Å². The van der Waals surface area contributed by atoms with E-state index in [0.29, 0.717) is 21.4 Å². The minimum atomic E-state index is -4.19. The van der Waals surface area contributed by atoms with Gasteiger partial charge in [0.15, 0.2) is 4.34 Å². The first kappa shape index (κ1) is 22.0. The summed E-state index contributed by atoms with van der Waals surface area (Å²) in [4.78, 5) is 30.5. The Morgan fingerprint density at radius 2 is 2.13 bits per heavy atom. The smallest absolute Gasteiger partial charge is 0.358 e. The second kappa shape index (κ2) is 9.00. The fraction of sp³-hybridized carbons (Fsp3) is 0.353. The molecule has 30 heavy (non-hydrogen) atoms. The average Bonchev–Trinajstić information content (AvgIpc) is 3.21. The van der Waals surface area contributed by atoms with Gasteiger partial charge >= 0.3 is 12.0 Å². The maximum absolute atomic E-state index is 12.3. The third kappa shape index (κ3) is 5.92. The molecule has 0 saturated heterocycles. The number of fused-ring (bicyclic) bond motifs is 1. The fourth-order valence-corrected chi connectivity index (χ4v) is 4.71. The summed E-state index contributed by atoms with van der Waals surface area (Å²) in [5, 5.41) is 13.5. The molecule has 0 aliphatic heterocycles. The van der Waals surface area contributed by atoms with Crippen LogP contribution in [0.1, 0.15) is 18.7 Å². The third-order valence-electron chi connectivity index (χ3n) is 3.99. The molecule has 0 spiro atoms. The summed E-state index contributed by atoms with van der Waals surface area (Å²) in [5.41, 5.74) is 1.19. The molecule has 8 nitrogen and oxygen atoms in total. The van der Waals surface area contributed by atoms with Crippen LogP contribution in [0.3, 0.4) is 0 Å². The molecule has 3 rings (SSSR count). The highest BCUT2D eigenvalue weighted by molar-refractivity contribution is 8.01. The highest BCUT2D eigenvalue weighted by atomic mass is 32.2. The van der Waals surface area contributed by atoms with E-state index in [2.05, 4.69) is 15.3 Å². The van der Waals surface area contributed by atoms with Crippen molar-refractivity contribution in [1.82, 2.24) is 14.5 Å². The third-order valence-corrected chi connectivity index (χ3v) is 6.16. The van der Waals surface area contributed by atoms with Crippen molar-refractivity contribution >= 4 is 50.7 Å². The molecule has 0 fully saturated rings. The summed E-state index contributed by atoms with van der Waals surface area (Å²) in [6.07, 6.45) is -3.70. The van der Waals surface area contributed by atoms with Crippen molar-refractivity contribution in [2.75, 3.05) is 11.1 Å². The molecular weight excluding hydrogens is 443 g/mol. The summed E-state index contributed by atoms with van der Waals surface area (Å²) in [7, 11) is 0. The average molecular weight is 459 g/mol. The number of hydrogen-bond donors (Lipinski definition) is 1. The number of aryl methyl sites for hydroxylation is 2. The number of carbonyl (C=O) groups is 1. The molecule has 2 heterocycles. The molecule has 0 aliphatic rings. The van der Waals surface area contributed by atoms with Gasteiger partial charge in [0, 0.05) is 31.3 Å². The van der Waals surface area contributed by atoms with Gasteiger partial charge < -0.3 is 20.0 Å². The molecule has 0 bridgehead atoms. The number of nitro groups is 1. The molecule has 0 unspecified atom stereocenters. The molecule has 0 aliphatic carbocycles. The number of nitrogens with zero attached hydrogens (tertiary/aromatic N) is 4. The molecule has 1 N–H and O–H groups in total. The first-order valence-corrected chi connectivity index (χ1v) is 10.5. The van der Waals surface area contributed by atoms with Gasteiger partial charge in [-0.2, -0.15) is 13.2 Å². The largest absolute Gasteiger partial charge is 0.389 e. The number of thiazole rings is 1. The van der Waals surface area contributed by atoms with Gasteiger partial charge in [0.2, 0.25) is 11.7 Å². The van der Waals surface area contributed by atoms with E-state index in [4.69, 9.17) is 0 Å². The molecule has 1 aromatic carbocycles. The van der Waals surface area contributed by atoms with E-state index < -0.39 is 17.5 Å². The van der Waals surface area contributed by atoms with Crippen molar-refractivity contribution in [2.24, 2.45) is 0 Å². The molecule has 2 aromatic heterocycles. The lowest BCUT2D eigenvalue weighted by Gasteiger charge is -2.06. The molecule has 13 heteroatoms. The number of imidazole rings is 1. The predicted octanol–water partition coefficient (Wildman–Crippen LogP) is 4.78. The molecule has 1 amide bonds. The zero-order valence-electron chi connectivity index (χ0n) is 15.6. The van der Waals surface area contributed by atoms with Gasteiger partial charge in [-0.15, -0.1) is 11.3 Å². The van der Waals surface area contributed by atoms with E-state index in [-0.39, 0.29) is 30.4 Å². The van der Waals surface area contributed by atoms with Gasteiger partial charge in [0.1, 0.15) is 6.20 Å². The molecule has 0 atom stereocenters.